The Hall–Kier alpha value is -0.940. The molecule has 1 N–H and O–H groups in total. The fourth-order valence-electron chi connectivity index (χ4n) is 2.57. The van der Waals surface area contributed by atoms with Crippen LogP contribution in [0.25, 0.3) is 0 Å². The van der Waals surface area contributed by atoms with E-state index in [1.165, 1.54) is 6.42 Å². The lowest BCUT2D eigenvalue weighted by molar-refractivity contribution is -0.0658. The lowest BCUT2D eigenvalue weighted by Crippen LogP contribution is -2.35. The number of methoxy groups -OCH3 is 1. The molecule has 0 radical (unpaired) electrons. The molecule has 1 fully saturated rings. The standard InChI is InChI=1S/C12H20N2O3/c1-8-5-4-6-12(7-8,16-3)11-13-10(9(2)15)17-14-11/h8-9,15H,4-7H2,1-3H3/t8?,9-,12?/m0/s1. The minimum atomic E-state index is -0.730. The maximum atomic E-state index is 9.41. The van der Waals surface area contributed by atoms with Crippen molar-refractivity contribution in [2.45, 2.75) is 51.2 Å². The van der Waals surface area contributed by atoms with Gasteiger partial charge in [-0.2, -0.15) is 4.98 Å². The summed E-state index contributed by atoms with van der Waals surface area (Å²) in [6.07, 6.45) is 3.40. The van der Waals surface area contributed by atoms with E-state index in [9.17, 15) is 5.11 Å². The van der Waals surface area contributed by atoms with E-state index in [0.29, 0.717) is 11.7 Å². The molecule has 0 bridgehead atoms. The van der Waals surface area contributed by atoms with Gasteiger partial charge >= 0.3 is 0 Å². The number of aliphatic hydroxyl groups is 1. The van der Waals surface area contributed by atoms with Crippen LogP contribution in [0.15, 0.2) is 4.52 Å². The molecule has 2 rings (SSSR count). The SMILES string of the molecule is COC1(c2noc([C@H](C)O)n2)CCCC(C)C1. The number of rotatable bonds is 3. The number of ether oxygens (including phenoxy) is 1. The molecule has 1 aliphatic carbocycles. The van der Waals surface area contributed by atoms with E-state index >= 15 is 0 Å². The molecule has 1 aromatic heterocycles. The fraction of sp³-hybridized carbons (Fsp3) is 0.833. The van der Waals surface area contributed by atoms with E-state index in [0.717, 1.165) is 19.3 Å². The molecule has 1 aliphatic rings. The molecule has 0 aromatic carbocycles. The van der Waals surface area contributed by atoms with Gasteiger partial charge in [0.05, 0.1) is 0 Å². The number of hydrogen-bond donors (Lipinski definition) is 1. The Morgan fingerprint density at radius 3 is 2.88 bits per heavy atom. The van der Waals surface area contributed by atoms with Crippen LogP contribution in [0, 0.1) is 5.92 Å². The zero-order chi connectivity index (χ0) is 12.5. The minimum absolute atomic E-state index is 0.259. The van der Waals surface area contributed by atoms with Crippen molar-refractivity contribution in [1.82, 2.24) is 10.1 Å². The third-order valence-electron chi connectivity index (χ3n) is 3.55. The second kappa shape index (κ2) is 4.74. The highest BCUT2D eigenvalue weighted by Crippen LogP contribution is 2.41. The van der Waals surface area contributed by atoms with Crippen molar-refractivity contribution in [2.24, 2.45) is 5.92 Å². The fourth-order valence-corrected chi connectivity index (χ4v) is 2.57. The Labute approximate surface area is 101 Å². The molecular formula is C12H20N2O3. The van der Waals surface area contributed by atoms with Gasteiger partial charge < -0.3 is 14.4 Å². The summed E-state index contributed by atoms with van der Waals surface area (Å²) in [6.45, 7) is 3.82. The van der Waals surface area contributed by atoms with Gasteiger partial charge in [0, 0.05) is 7.11 Å². The first-order chi connectivity index (χ1) is 8.07. The van der Waals surface area contributed by atoms with Gasteiger partial charge in [-0.3, -0.25) is 0 Å². The van der Waals surface area contributed by atoms with E-state index in [-0.39, 0.29) is 5.89 Å². The summed E-state index contributed by atoms with van der Waals surface area (Å²) in [4.78, 5) is 4.26. The second-order valence-corrected chi connectivity index (χ2v) is 5.03. The van der Waals surface area contributed by atoms with E-state index in [2.05, 4.69) is 17.1 Å². The third-order valence-corrected chi connectivity index (χ3v) is 3.55. The Morgan fingerprint density at radius 2 is 2.35 bits per heavy atom. The van der Waals surface area contributed by atoms with Crippen LogP contribution in [0.2, 0.25) is 0 Å². The first-order valence-corrected chi connectivity index (χ1v) is 6.15. The maximum absolute atomic E-state index is 9.41. The number of nitrogens with zero attached hydrogens (tertiary/aromatic N) is 2. The van der Waals surface area contributed by atoms with Gasteiger partial charge in [-0.25, -0.2) is 0 Å². The van der Waals surface area contributed by atoms with Crippen LogP contribution < -0.4 is 0 Å². The monoisotopic (exact) mass is 240 g/mol. The Kier molecular flexibility index (Phi) is 3.49. The predicted molar refractivity (Wildman–Crippen MR) is 61.3 cm³/mol. The molecule has 3 atom stereocenters. The van der Waals surface area contributed by atoms with Gasteiger partial charge in [0.2, 0.25) is 5.82 Å². The van der Waals surface area contributed by atoms with E-state index in [1.54, 1.807) is 14.0 Å². The topological polar surface area (TPSA) is 68.4 Å². The molecule has 2 unspecified atom stereocenters. The van der Waals surface area contributed by atoms with Crippen molar-refractivity contribution in [3.05, 3.63) is 11.7 Å². The molecule has 96 valence electrons. The van der Waals surface area contributed by atoms with Crippen LogP contribution >= 0.6 is 0 Å². The van der Waals surface area contributed by atoms with Crippen LogP contribution in [-0.4, -0.2) is 22.4 Å². The Bertz CT molecular complexity index is 378. The molecule has 5 nitrogen and oxygen atoms in total. The van der Waals surface area contributed by atoms with Crippen molar-refractivity contribution in [3.63, 3.8) is 0 Å². The average Bonchev–Trinajstić information content (AvgIpc) is 2.78. The molecule has 1 heterocycles. The maximum Gasteiger partial charge on any atom is 0.255 e. The van der Waals surface area contributed by atoms with E-state index in [1.807, 2.05) is 0 Å². The third kappa shape index (κ3) is 2.35. The molecule has 5 heteroatoms. The first-order valence-electron chi connectivity index (χ1n) is 6.15. The Morgan fingerprint density at radius 1 is 1.59 bits per heavy atom. The molecule has 1 saturated carbocycles. The van der Waals surface area contributed by atoms with Gasteiger partial charge in [0.25, 0.3) is 5.89 Å². The summed E-state index contributed by atoms with van der Waals surface area (Å²) in [5.41, 5.74) is -0.436. The van der Waals surface area contributed by atoms with Gasteiger partial charge in [-0.05, 0) is 32.1 Å². The van der Waals surface area contributed by atoms with Crippen LogP contribution in [0.1, 0.15) is 57.3 Å². The molecule has 1 aromatic rings. The molecule has 17 heavy (non-hydrogen) atoms. The highest BCUT2D eigenvalue weighted by Gasteiger charge is 2.41. The first kappa shape index (κ1) is 12.5. The Balaban J connectivity index is 2.26. The van der Waals surface area contributed by atoms with Crippen molar-refractivity contribution >= 4 is 0 Å². The van der Waals surface area contributed by atoms with Crippen molar-refractivity contribution in [2.75, 3.05) is 7.11 Å². The zero-order valence-corrected chi connectivity index (χ0v) is 10.6. The molecule has 0 spiro atoms. The van der Waals surface area contributed by atoms with Crippen molar-refractivity contribution < 1.29 is 14.4 Å². The number of aromatic nitrogens is 2. The summed E-state index contributed by atoms with van der Waals surface area (Å²) >= 11 is 0. The summed E-state index contributed by atoms with van der Waals surface area (Å²) in [5, 5.41) is 13.4. The van der Waals surface area contributed by atoms with Gasteiger partial charge in [0.1, 0.15) is 11.7 Å². The molecule has 0 amide bonds. The molecule has 0 saturated heterocycles. The summed E-state index contributed by atoms with van der Waals surface area (Å²) in [7, 11) is 1.69. The van der Waals surface area contributed by atoms with Crippen molar-refractivity contribution in [1.29, 1.82) is 0 Å². The summed E-state index contributed by atoms with van der Waals surface area (Å²) < 4.78 is 10.7. The van der Waals surface area contributed by atoms with Crippen LogP contribution in [0.3, 0.4) is 0 Å². The average molecular weight is 240 g/mol. The van der Waals surface area contributed by atoms with Gasteiger partial charge in [-0.1, -0.05) is 18.5 Å². The predicted octanol–water partition coefficient (Wildman–Crippen LogP) is 2.17. The van der Waals surface area contributed by atoms with E-state index < -0.39 is 11.7 Å². The smallest absolute Gasteiger partial charge is 0.255 e. The minimum Gasteiger partial charge on any atom is -0.384 e. The molecule has 0 aliphatic heterocycles. The van der Waals surface area contributed by atoms with Gasteiger partial charge in [-0.15, -0.1) is 0 Å². The second-order valence-electron chi connectivity index (χ2n) is 5.03. The van der Waals surface area contributed by atoms with Crippen LogP contribution in [0.5, 0.6) is 0 Å². The lowest BCUT2D eigenvalue weighted by atomic mass is 9.78. The number of hydrogen-bond acceptors (Lipinski definition) is 5. The molecular weight excluding hydrogens is 220 g/mol. The lowest BCUT2D eigenvalue weighted by Gasteiger charge is -2.36. The van der Waals surface area contributed by atoms with E-state index in [4.69, 9.17) is 9.26 Å². The quantitative estimate of drug-likeness (QED) is 0.877. The van der Waals surface area contributed by atoms with Crippen LogP contribution in [0.4, 0.5) is 0 Å². The van der Waals surface area contributed by atoms with Crippen molar-refractivity contribution in [3.8, 4) is 0 Å². The highest BCUT2D eigenvalue weighted by atomic mass is 16.5. The summed E-state index contributed by atoms with van der Waals surface area (Å²) in [5.74, 6) is 1.43. The zero-order valence-electron chi connectivity index (χ0n) is 10.6. The summed E-state index contributed by atoms with van der Waals surface area (Å²) in [6, 6.07) is 0. The normalized spacial score (nSPS) is 31.4. The van der Waals surface area contributed by atoms with Gasteiger partial charge in [0.15, 0.2) is 0 Å². The largest absolute Gasteiger partial charge is 0.384 e. The highest BCUT2D eigenvalue weighted by molar-refractivity contribution is 5.04. The number of aliphatic hydroxyl groups excluding tert-OH is 1. The van der Waals surface area contributed by atoms with Crippen LogP contribution in [-0.2, 0) is 10.3 Å².